The van der Waals surface area contributed by atoms with E-state index in [4.69, 9.17) is 0 Å². The van der Waals surface area contributed by atoms with Crippen molar-refractivity contribution >= 4 is 10.0 Å². The van der Waals surface area contributed by atoms with Crippen molar-refractivity contribution in [2.24, 2.45) is 5.41 Å². The lowest BCUT2D eigenvalue weighted by Gasteiger charge is -2.45. The van der Waals surface area contributed by atoms with E-state index in [2.05, 4.69) is 45.6 Å². The van der Waals surface area contributed by atoms with Gasteiger partial charge in [0.25, 0.3) is 0 Å². The molecular formula is C16H30N2O2S. The molecule has 1 atom stereocenters. The Labute approximate surface area is 130 Å². The van der Waals surface area contributed by atoms with E-state index in [0.29, 0.717) is 25.7 Å². The second kappa shape index (κ2) is 5.67. The minimum atomic E-state index is -3.16. The van der Waals surface area contributed by atoms with E-state index >= 15 is 0 Å². The van der Waals surface area contributed by atoms with Gasteiger partial charge < -0.3 is 0 Å². The molecule has 0 bridgehead atoms. The molecule has 0 N–H and O–H groups in total. The Morgan fingerprint density at radius 3 is 2.24 bits per heavy atom. The molecule has 2 aliphatic heterocycles. The summed E-state index contributed by atoms with van der Waals surface area (Å²) < 4.78 is 27.3. The van der Waals surface area contributed by atoms with Gasteiger partial charge in [-0.3, -0.25) is 4.90 Å². The Hall–Kier alpha value is -0.390. The van der Waals surface area contributed by atoms with Crippen LogP contribution in [-0.2, 0) is 10.0 Å². The smallest absolute Gasteiger partial charge is 0.220 e. The molecule has 5 heteroatoms. The highest BCUT2D eigenvalue weighted by molar-refractivity contribution is 7.89. The van der Waals surface area contributed by atoms with Gasteiger partial charge in [0.05, 0.1) is 0 Å². The van der Waals surface area contributed by atoms with Gasteiger partial charge in [-0.15, -0.1) is 0 Å². The van der Waals surface area contributed by atoms with Crippen molar-refractivity contribution in [3.63, 3.8) is 0 Å². The first kappa shape index (κ1) is 17.0. The van der Waals surface area contributed by atoms with Crippen molar-refractivity contribution in [2.75, 3.05) is 19.6 Å². The second-order valence-corrected chi connectivity index (χ2v) is 9.92. The number of hydrogen-bond donors (Lipinski definition) is 0. The molecular weight excluding hydrogens is 284 g/mol. The molecule has 21 heavy (non-hydrogen) atoms. The molecule has 0 radical (unpaired) electrons. The van der Waals surface area contributed by atoms with E-state index in [1.807, 2.05) is 6.92 Å². The van der Waals surface area contributed by atoms with Gasteiger partial charge in [-0.2, -0.15) is 4.31 Å². The van der Waals surface area contributed by atoms with Gasteiger partial charge in [0.2, 0.25) is 10.0 Å². The second-order valence-electron chi connectivity index (χ2n) is 7.76. The molecule has 0 aliphatic carbocycles. The first-order valence-electron chi connectivity index (χ1n) is 7.99. The van der Waals surface area contributed by atoms with E-state index < -0.39 is 10.0 Å². The zero-order valence-corrected chi connectivity index (χ0v) is 15.1. The molecule has 0 aromatic carbocycles. The van der Waals surface area contributed by atoms with Gasteiger partial charge in [0.15, 0.2) is 0 Å². The maximum absolute atomic E-state index is 12.8. The van der Waals surface area contributed by atoms with Gasteiger partial charge >= 0.3 is 0 Å². The van der Waals surface area contributed by atoms with Crippen molar-refractivity contribution in [3.05, 3.63) is 11.6 Å². The highest BCUT2D eigenvalue weighted by Gasteiger charge is 2.43. The molecule has 2 rings (SSSR count). The molecule has 122 valence electrons. The fraction of sp³-hybridized carbons (Fsp3) is 0.875. The molecule has 4 nitrogen and oxygen atoms in total. The Balaban J connectivity index is 2.08. The molecule has 0 amide bonds. The van der Waals surface area contributed by atoms with Crippen molar-refractivity contribution < 1.29 is 8.42 Å². The van der Waals surface area contributed by atoms with E-state index in [-0.39, 0.29) is 16.7 Å². The van der Waals surface area contributed by atoms with Gasteiger partial charge in [0.1, 0.15) is 5.25 Å². The molecule has 2 heterocycles. The average molecular weight is 314 g/mol. The minimum Gasteiger partial charge on any atom is -0.298 e. The number of hydrogen-bond acceptors (Lipinski definition) is 3. The van der Waals surface area contributed by atoms with E-state index in [1.165, 1.54) is 5.57 Å². The van der Waals surface area contributed by atoms with Crippen molar-refractivity contribution in [2.45, 2.75) is 65.3 Å². The van der Waals surface area contributed by atoms with Gasteiger partial charge in [-0.25, -0.2) is 8.42 Å². The third-order valence-electron chi connectivity index (χ3n) is 4.82. The Morgan fingerprint density at radius 2 is 1.81 bits per heavy atom. The molecule has 1 saturated heterocycles. The van der Waals surface area contributed by atoms with E-state index in [1.54, 1.807) is 4.31 Å². The standard InChI is InChI=1S/C16H30N2O2S/c1-12(2)17-10-15(11-17)21(19,20)18-8-7-14(9-13(18)3)16(4,5)6/h9,12-13,15H,7-8,10-11H2,1-6H3. The average Bonchev–Trinajstić information content (AvgIpc) is 2.23. The summed E-state index contributed by atoms with van der Waals surface area (Å²) in [6.07, 6.45) is 3.01. The maximum Gasteiger partial charge on any atom is 0.220 e. The molecule has 0 aromatic rings. The number of likely N-dealkylation sites (tertiary alicyclic amines) is 1. The number of nitrogens with zero attached hydrogens (tertiary/aromatic N) is 2. The zero-order chi connectivity index (χ0) is 16.0. The number of sulfonamides is 1. The van der Waals surface area contributed by atoms with Gasteiger partial charge in [0, 0.05) is 31.7 Å². The van der Waals surface area contributed by atoms with E-state index in [0.717, 1.165) is 6.42 Å². The Morgan fingerprint density at radius 1 is 1.24 bits per heavy atom. The van der Waals surface area contributed by atoms with Crippen LogP contribution in [0.15, 0.2) is 11.6 Å². The Bertz CT molecular complexity index is 511. The molecule has 0 aromatic heterocycles. The third-order valence-corrected chi connectivity index (χ3v) is 7.13. The third kappa shape index (κ3) is 3.35. The molecule has 1 fully saturated rings. The first-order chi connectivity index (χ1) is 9.53. The molecule has 2 aliphatic rings. The summed E-state index contributed by atoms with van der Waals surface area (Å²) in [5.41, 5.74) is 1.51. The van der Waals surface area contributed by atoms with Crippen LogP contribution in [0.5, 0.6) is 0 Å². The minimum absolute atomic E-state index is 0.0222. The van der Waals surface area contributed by atoms with Crippen LogP contribution in [0.25, 0.3) is 0 Å². The van der Waals surface area contributed by atoms with Crippen molar-refractivity contribution in [1.29, 1.82) is 0 Å². The summed E-state index contributed by atoms with van der Waals surface area (Å²) in [4.78, 5) is 2.22. The Kier molecular flexibility index (Phi) is 4.58. The summed E-state index contributed by atoms with van der Waals surface area (Å²) in [6.45, 7) is 14.8. The summed E-state index contributed by atoms with van der Waals surface area (Å²) in [7, 11) is -3.16. The van der Waals surface area contributed by atoms with Crippen molar-refractivity contribution in [3.8, 4) is 0 Å². The monoisotopic (exact) mass is 314 g/mol. The predicted molar refractivity (Wildman–Crippen MR) is 87.7 cm³/mol. The number of rotatable bonds is 3. The van der Waals surface area contributed by atoms with Crippen LogP contribution in [-0.4, -0.2) is 54.6 Å². The SMILES string of the molecule is CC(C)N1CC(S(=O)(=O)N2CCC(C(C)(C)C)=CC2C)C1. The lowest BCUT2D eigenvalue weighted by molar-refractivity contribution is 0.137. The van der Waals surface area contributed by atoms with Crippen LogP contribution in [0, 0.1) is 5.41 Å². The van der Waals surface area contributed by atoms with Crippen molar-refractivity contribution in [1.82, 2.24) is 9.21 Å². The largest absolute Gasteiger partial charge is 0.298 e. The lowest BCUT2D eigenvalue weighted by Crippen LogP contribution is -2.61. The molecule has 1 unspecified atom stereocenters. The fourth-order valence-corrected chi connectivity index (χ4v) is 5.16. The molecule has 0 spiro atoms. The highest BCUT2D eigenvalue weighted by atomic mass is 32.2. The summed E-state index contributed by atoms with van der Waals surface area (Å²) in [5.74, 6) is 0. The van der Waals surface area contributed by atoms with Crippen LogP contribution in [0.2, 0.25) is 0 Å². The lowest BCUT2D eigenvalue weighted by atomic mass is 9.82. The van der Waals surface area contributed by atoms with Gasteiger partial charge in [-0.1, -0.05) is 32.4 Å². The normalized spacial score (nSPS) is 26.8. The van der Waals surface area contributed by atoms with Crippen LogP contribution in [0.3, 0.4) is 0 Å². The quantitative estimate of drug-likeness (QED) is 0.752. The van der Waals surface area contributed by atoms with Crippen LogP contribution in [0.4, 0.5) is 0 Å². The predicted octanol–water partition coefficient (Wildman–Crippen LogP) is 2.48. The van der Waals surface area contributed by atoms with Crippen LogP contribution >= 0.6 is 0 Å². The van der Waals surface area contributed by atoms with Crippen LogP contribution < -0.4 is 0 Å². The highest BCUT2D eigenvalue weighted by Crippen LogP contribution is 2.34. The fourth-order valence-electron chi connectivity index (χ4n) is 3.15. The maximum atomic E-state index is 12.8. The summed E-state index contributed by atoms with van der Waals surface area (Å²) >= 11 is 0. The summed E-state index contributed by atoms with van der Waals surface area (Å²) in [6, 6.07) is 0.411. The van der Waals surface area contributed by atoms with E-state index in [9.17, 15) is 8.42 Å². The van der Waals surface area contributed by atoms with Gasteiger partial charge in [-0.05, 0) is 32.6 Å². The van der Waals surface area contributed by atoms with Crippen LogP contribution in [0.1, 0.15) is 48.0 Å². The first-order valence-corrected chi connectivity index (χ1v) is 9.49. The molecule has 0 saturated carbocycles. The summed E-state index contributed by atoms with van der Waals surface area (Å²) in [5, 5.41) is -0.216. The topological polar surface area (TPSA) is 40.6 Å². The zero-order valence-electron chi connectivity index (χ0n) is 14.3.